The predicted molar refractivity (Wildman–Crippen MR) is 115 cm³/mol. The number of aromatic nitrogens is 1. The minimum Gasteiger partial charge on any atom is -0.371 e. The summed E-state index contributed by atoms with van der Waals surface area (Å²) < 4.78 is 98.9. The van der Waals surface area contributed by atoms with Crippen molar-refractivity contribution in [1.82, 2.24) is 4.98 Å². The molecular formula is C20H19ClF6N4O2S. The number of pyridine rings is 1. The number of carbonyl (C=O) groups is 1. The molecule has 6 nitrogen and oxygen atoms in total. The van der Waals surface area contributed by atoms with E-state index in [9.17, 15) is 35.3 Å². The summed E-state index contributed by atoms with van der Waals surface area (Å²) in [6.45, 7) is -0.418. The number of rotatable bonds is 4. The molecule has 1 aliphatic rings. The van der Waals surface area contributed by atoms with Gasteiger partial charge in [0.15, 0.2) is 0 Å². The van der Waals surface area contributed by atoms with Gasteiger partial charge in [-0.2, -0.15) is 26.3 Å². The van der Waals surface area contributed by atoms with E-state index in [0.29, 0.717) is 6.07 Å². The molecule has 0 spiro atoms. The van der Waals surface area contributed by atoms with Crippen molar-refractivity contribution in [3.05, 3.63) is 46.6 Å². The Hall–Kier alpha value is -2.54. The van der Waals surface area contributed by atoms with Crippen molar-refractivity contribution in [3.8, 4) is 0 Å². The second-order valence-corrected chi connectivity index (χ2v) is 10.3. The topological polar surface area (TPSA) is 86.2 Å². The molecule has 1 saturated heterocycles. The molecule has 1 aliphatic heterocycles. The quantitative estimate of drug-likeness (QED) is 0.490. The van der Waals surface area contributed by atoms with Crippen molar-refractivity contribution in [3.63, 3.8) is 0 Å². The summed E-state index contributed by atoms with van der Waals surface area (Å²) in [6, 6.07) is 3.99. The lowest BCUT2D eigenvalue weighted by molar-refractivity contribution is -0.179. The molecular weight excluding hydrogens is 510 g/mol. The number of carbonyl (C=O) groups excluding carboxylic acids is 1. The van der Waals surface area contributed by atoms with E-state index in [1.54, 1.807) is 0 Å². The maximum Gasteiger partial charge on any atom is 0.417 e. The second-order valence-electron chi connectivity index (χ2n) is 7.83. The first-order chi connectivity index (χ1) is 15.6. The van der Waals surface area contributed by atoms with Crippen molar-refractivity contribution in [2.75, 3.05) is 29.6 Å². The number of halogens is 7. The first-order valence-corrected chi connectivity index (χ1v) is 12.2. The van der Waals surface area contributed by atoms with Gasteiger partial charge in [0.05, 0.1) is 37.5 Å². The van der Waals surface area contributed by atoms with E-state index in [-0.39, 0.29) is 47.9 Å². The third kappa shape index (κ3) is 5.93. The second kappa shape index (κ2) is 9.25. The van der Waals surface area contributed by atoms with Crippen LogP contribution < -0.4 is 10.2 Å². The first kappa shape index (κ1) is 26.1. The maximum atomic E-state index is 13.4. The molecule has 186 valence electrons. The van der Waals surface area contributed by atoms with Gasteiger partial charge in [0.2, 0.25) is 0 Å². The molecule has 0 unspecified atom stereocenters. The highest BCUT2D eigenvalue weighted by Gasteiger charge is 2.42. The van der Waals surface area contributed by atoms with E-state index in [2.05, 4.69) is 10.3 Å². The lowest BCUT2D eigenvalue weighted by Gasteiger charge is -2.35. The number of nitrogens with zero attached hydrogens (tertiary/aromatic N) is 2. The van der Waals surface area contributed by atoms with E-state index >= 15 is 0 Å². The van der Waals surface area contributed by atoms with Crippen molar-refractivity contribution >= 4 is 38.6 Å². The Morgan fingerprint density at radius 3 is 2.32 bits per heavy atom. The molecule has 1 aromatic heterocycles. The number of amides is 1. The summed E-state index contributed by atoms with van der Waals surface area (Å²) in [4.78, 5) is 18.1. The van der Waals surface area contributed by atoms with Crippen LogP contribution in [0, 0.1) is 10.7 Å². The Labute approximate surface area is 196 Å². The summed E-state index contributed by atoms with van der Waals surface area (Å²) in [7, 11) is -3.21. The number of hydrogen-bond acceptors (Lipinski definition) is 5. The summed E-state index contributed by atoms with van der Waals surface area (Å²) in [5.74, 6) is -2.47. The van der Waals surface area contributed by atoms with Crippen molar-refractivity contribution in [2.24, 2.45) is 5.92 Å². The maximum absolute atomic E-state index is 13.4. The molecule has 0 aliphatic carbocycles. The average Bonchev–Trinajstić information content (AvgIpc) is 2.71. The number of hydrogen-bond donors (Lipinski definition) is 2. The van der Waals surface area contributed by atoms with Crippen LogP contribution in [0.3, 0.4) is 0 Å². The summed E-state index contributed by atoms with van der Waals surface area (Å²) in [5.41, 5.74) is -1.62. The zero-order chi connectivity index (χ0) is 25.5. The van der Waals surface area contributed by atoms with Gasteiger partial charge >= 0.3 is 12.4 Å². The number of alkyl halides is 6. The van der Waals surface area contributed by atoms with Gasteiger partial charge in [-0.25, -0.2) is 14.0 Å². The molecule has 1 atom stereocenters. The van der Waals surface area contributed by atoms with E-state index in [0.717, 1.165) is 12.3 Å². The molecule has 34 heavy (non-hydrogen) atoms. The minimum atomic E-state index is -4.85. The number of nitrogens with one attached hydrogen (secondary N) is 2. The Kier molecular flexibility index (Phi) is 7.09. The molecule has 0 saturated carbocycles. The number of benzene rings is 1. The minimum absolute atomic E-state index is 0.0783. The van der Waals surface area contributed by atoms with Crippen LogP contribution in [-0.2, 0) is 15.9 Å². The van der Waals surface area contributed by atoms with E-state index < -0.39 is 44.5 Å². The normalized spacial score (nSPS) is 17.4. The van der Waals surface area contributed by atoms with Crippen LogP contribution in [0.15, 0.2) is 35.5 Å². The van der Waals surface area contributed by atoms with Crippen LogP contribution >= 0.6 is 11.6 Å². The van der Waals surface area contributed by atoms with Gasteiger partial charge in [-0.05, 0) is 37.1 Å². The van der Waals surface area contributed by atoms with Gasteiger partial charge in [0, 0.05) is 31.2 Å². The number of piperidine rings is 1. The fourth-order valence-electron chi connectivity index (χ4n) is 3.57. The predicted octanol–water partition coefficient (Wildman–Crippen LogP) is 5.82. The van der Waals surface area contributed by atoms with E-state index in [4.69, 9.17) is 16.4 Å². The highest BCUT2D eigenvalue weighted by Crippen LogP contribution is 2.41. The van der Waals surface area contributed by atoms with Crippen molar-refractivity contribution in [2.45, 2.75) is 30.2 Å². The Balaban J connectivity index is 1.98. The molecule has 1 fully saturated rings. The molecule has 1 aromatic carbocycles. The molecule has 2 aromatic rings. The Morgan fingerprint density at radius 2 is 1.79 bits per heavy atom. The number of anilines is 2. The zero-order valence-corrected chi connectivity index (χ0v) is 19.1. The highest BCUT2D eigenvalue weighted by atomic mass is 35.5. The zero-order valence-electron chi connectivity index (χ0n) is 17.6. The Morgan fingerprint density at radius 1 is 1.18 bits per heavy atom. The largest absolute Gasteiger partial charge is 0.417 e. The molecule has 2 N–H and O–H groups in total. The smallest absolute Gasteiger partial charge is 0.371 e. The fraction of sp³-hybridized carbons (Fsp3) is 0.400. The van der Waals surface area contributed by atoms with Gasteiger partial charge < -0.3 is 10.2 Å². The van der Waals surface area contributed by atoms with Gasteiger partial charge in [0.1, 0.15) is 5.03 Å². The third-order valence-electron chi connectivity index (χ3n) is 5.33. The van der Waals surface area contributed by atoms with Crippen LogP contribution in [0.1, 0.15) is 28.8 Å². The summed E-state index contributed by atoms with van der Waals surface area (Å²) >= 11 is 5.80. The molecule has 0 radical (unpaired) electrons. The van der Waals surface area contributed by atoms with Gasteiger partial charge in [-0.1, -0.05) is 11.6 Å². The highest BCUT2D eigenvalue weighted by molar-refractivity contribution is 7.91. The summed E-state index contributed by atoms with van der Waals surface area (Å²) in [5, 5.41) is 1.57. The molecule has 0 bridgehead atoms. The molecule has 2 heterocycles. The third-order valence-corrected chi connectivity index (χ3v) is 6.66. The van der Waals surface area contributed by atoms with Crippen molar-refractivity contribution in [1.29, 1.82) is 4.78 Å². The first-order valence-electron chi connectivity index (χ1n) is 9.81. The summed E-state index contributed by atoms with van der Waals surface area (Å²) in [6.07, 6.45) is -7.61. The fourth-order valence-corrected chi connectivity index (χ4v) is 4.45. The van der Waals surface area contributed by atoms with Crippen molar-refractivity contribution < 1.29 is 35.3 Å². The SMILES string of the molecule is C[S@@](=N)(=O)c1cc(NC(=O)c2cc(Cl)c(C(F)(F)F)cc2N2CCC(C(F)(F)F)CC2)ccn1. The van der Waals surface area contributed by atoms with Gasteiger partial charge in [0.25, 0.3) is 5.91 Å². The van der Waals surface area contributed by atoms with Crippen LogP contribution in [0.4, 0.5) is 37.7 Å². The monoisotopic (exact) mass is 528 g/mol. The average molecular weight is 529 g/mol. The molecule has 14 heteroatoms. The van der Waals surface area contributed by atoms with Gasteiger partial charge in [-0.15, -0.1) is 0 Å². The van der Waals surface area contributed by atoms with Crippen LogP contribution in [0.5, 0.6) is 0 Å². The standard InChI is InChI=1S/C20H19ClF6N4O2S/c1-34(28,33)17-8-12(2-5-29-17)30-18(32)13-9-15(21)14(20(25,26)27)10-16(13)31-6-3-11(4-7-31)19(22,23)24/h2,5,8-11,28H,3-4,6-7H2,1H3,(H,29,30,32)/t34-/m1/s1. The molecule has 1 amide bonds. The van der Waals surface area contributed by atoms with Crippen LogP contribution in [0.2, 0.25) is 5.02 Å². The lowest BCUT2D eigenvalue weighted by Crippen LogP contribution is -2.40. The van der Waals surface area contributed by atoms with E-state index in [1.807, 2.05) is 0 Å². The van der Waals surface area contributed by atoms with Gasteiger partial charge in [-0.3, -0.25) is 4.79 Å². The molecule has 3 rings (SSSR count). The lowest BCUT2D eigenvalue weighted by atomic mass is 9.95. The van der Waals surface area contributed by atoms with Crippen LogP contribution in [-0.4, -0.2) is 40.6 Å². The van der Waals surface area contributed by atoms with E-state index in [1.165, 1.54) is 23.2 Å². The van der Waals surface area contributed by atoms with Crippen LogP contribution in [0.25, 0.3) is 0 Å². The Bertz CT molecular complexity index is 1190.